The first-order valence-corrected chi connectivity index (χ1v) is 10.3. The monoisotopic (exact) mass is 359 g/mol. The summed E-state index contributed by atoms with van der Waals surface area (Å²) in [6, 6.07) is 3.54. The van der Waals surface area contributed by atoms with Crippen LogP contribution in [0.1, 0.15) is 17.5 Å². The lowest BCUT2D eigenvalue weighted by atomic mass is 9.99. The molecule has 136 valence electrons. The van der Waals surface area contributed by atoms with Crippen molar-refractivity contribution in [3.8, 4) is 0 Å². The minimum atomic E-state index is 0.590. The summed E-state index contributed by atoms with van der Waals surface area (Å²) in [4.78, 5) is 7.90. The molecule has 4 heterocycles. The summed E-state index contributed by atoms with van der Waals surface area (Å²) in [5.74, 6) is 0. The van der Waals surface area contributed by atoms with Crippen molar-refractivity contribution in [3.05, 3.63) is 40.3 Å². The van der Waals surface area contributed by atoms with E-state index in [9.17, 15) is 0 Å². The number of hydrogen-bond acceptors (Lipinski definition) is 5. The second-order valence-corrected chi connectivity index (χ2v) is 8.37. The fourth-order valence-corrected chi connectivity index (χ4v) is 5.04. The van der Waals surface area contributed by atoms with Gasteiger partial charge in [0.15, 0.2) is 0 Å². The molecule has 2 aliphatic rings. The number of aromatic nitrogens is 2. The molecule has 0 saturated carbocycles. The first-order valence-electron chi connectivity index (χ1n) is 9.34. The van der Waals surface area contributed by atoms with Crippen molar-refractivity contribution in [1.29, 1.82) is 0 Å². The third-order valence-corrected chi connectivity index (χ3v) is 6.53. The fraction of sp³-hybridized carbons (Fsp3) is 0.632. The SMILES string of the molecule is CN1CCN([C@@H]2CCN(Cc3ccsc3)[C@H]2Cc2cnn(C)c2)CC1. The van der Waals surface area contributed by atoms with Crippen LogP contribution < -0.4 is 0 Å². The van der Waals surface area contributed by atoms with Crippen LogP contribution in [0.15, 0.2) is 29.2 Å². The summed E-state index contributed by atoms with van der Waals surface area (Å²) in [7, 11) is 4.25. The largest absolute Gasteiger partial charge is 0.304 e. The molecular weight excluding hydrogens is 330 g/mol. The maximum Gasteiger partial charge on any atom is 0.0522 e. The minimum Gasteiger partial charge on any atom is -0.304 e. The average Bonchev–Trinajstić information content (AvgIpc) is 3.33. The molecule has 4 rings (SSSR count). The molecule has 5 nitrogen and oxygen atoms in total. The standard InChI is InChI=1S/C19H29N5S/c1-21-6-8-23(9-7-21)18-3-5-24(14-16-4-10-25-15-16)19(18)11-17-12-20-22(2)13-17/h4,10,12-13,15,18-19H,3,5-9,11,14H2,1-2H3/t18-,19+/m1/s1. The Kier molecular flexibility index (Phi) is 5.22. The van der Waals surface area contributed by atoms with Gasteiger partial charge in [-0.25, -0.2) is 0 Å². The van der Waals surface area contributed by atoms with Crippen LogP contribution in [-0.4, -0.2) is 76.3 Å². The Balaban J connectivity index is 1.50. The second kappa shape index (κ2) is 7.58. The molecule has 2 saturated heterocycles. The second-order valence-electron chi connectivity index (χ2n) is 7.59. The molecule has 0 amide bonds. The summed E-state index contributed by atoms with van der Waals surface area (Å²) in [6.07, 6.45) is 6.62. The lowest BCUT2D eigenvalue weighted by Crippen LogP contribution is -2.53. The molecule has 0 unspecified atom stereocenters. The molecule has 0 bridgehead atoms. The van der Waals surface area contributed by atoms with Crippen LogP contribution in [0, 0.1) is 0 Å². The van der Waals surface area contributed by atoms with E-state index in [-0.39, 0.29) is 0 Å². The van der Waals surface area contributed by atoms with E-state index >= 15 is 0 Å². The molecule has 0 aromatic carbocycles. The van der Waals surface area contributed by atoms with E-state index in [2.05, 4.69) is 49.9 Å². The highest BCUT2D eigenvalue weighted by Gasteiger charge is 2.38. The van der Waals surface area contributed by atoms with Crippen molar-refractivity contribution in [2.75, 3.05) is 39.8 Å². The van der Waals surface area contributed by atoms with Crippen LogP contribution in [-0.2, 0) is 20.0 Å². The van der Waals surface area contributed by atoms with Gasteiger partial charge in [0.1, 0.15) is 0 Å². The Morgan fingerprint density at radius 1 is 1.12 bits per heavy atom. The highest BCUT2D eigenvalue weighted by molar-refractivity contribution is 7.07. The summed E-state index contributed by atoms with van der Waals surface area (Å²) < 4.78 is 1.93. The summed E-state index contributed by atoms with van der Waals surface area (Å²) in [5, 5.41) is 8.88. The number of piperazine rings is 1. The van der Waals surface area contributed by atoms with Crippen LogP contribution in [0.25, 0.3) is 0 Å². The predicted octanol–water partition coefficient (Wildman–Crippen LogP) is 1.91. The maximum absolute atomic E-state index is 4.39. The third-order valence-electron chi connectivity index (χ3n) is 5.80. The molecule has 25 heavy (non-hydrogen) atoms. The van der Waals surface area contributed by atoms with Crippen LogP contribution in [0.3, 0.4) is 0 Å². The smallest absolute Gasteiger partial charge is 0.0522 e. The van der Waals surface area contributed by atoms with E-state index in [0.717, 1.165) is 13.0 Å². The van der Waals surface area contributed by atoms with Crippen molar-refractivity contribution in [3.63, 3.8) is 0 Å². The molecule has 2 fully saturated rings. The van der Waals surface area contributed by atoms with E-state index in [1.807, 2.05) is 17.9 Å². The topological polar surface area (TPSA) is 27.5 Å². The Hall–Kier alpha value is -1.21. The average molecular weight is 360 g/mol. The lowest BCUT2D eigenvalue weighted by Gasteiger charge is -2.40. The predicted molar refractivity (Wildman–Crippen MR) is 103 cm³/mol. The van der Waals surface area contributed by atoms with Crippen molar-refractivity contribution in [2.45, 2.75) is 31.5 Å². The molecule has 6 heteroatoms. The van der Waals surface area contributed by atoms with Crippen LogP contribution in [0.2, 0.25) is 0 Å². The van der Waals surface area contributed by atoms with E-state index < -0.39 is 0 Å². The van der Waals surface area contributed by atoms with Gasteiger partial charge in [0, 0.05) is 64.6 Å². The number of hydrogen-bond donors (Lipinski definition) is 0. The van der Waals surface area contributed by atoms with E-state index in [4.69, 9.17) is 0 Å². The number of nitrogens with zero attached hydrogens (tertiary/aromatic N) is 5. The molecule has 0 aliphatic carbocycles. The summed E-state index contributed by atoms with van der Waals surface area (Å²) >= 11 is 1.80. The molecule has 2 aromatic rings. The van der Waals surface area contributed by atoms with E-state index in [0.29, 0.717) is 12.1 Å². The highest BCUT2D eigenvalue weighted by Crippen LogP contribution is 2.28. The minimum absolute atomic E-state index is 0.590. The van der Waals surface area contributed by atoms with Crippen LogP contribution in [0.4, 0.5) is 0 Å². The Labute approximate surface area is 154 Å². The molecule has 0 radical (unpaired) electrons. The van der Waals surface area contributed by atoms with Crippen molar-refractivity contribution in [1.82, 2.24) is 24.5 Å². The molecule has 2 atom stereocenters. The normalized spacial score (nSPS) is 26.5. The van der Waals surface area contributed by atoms with Crippen molar-refractivity contribution >= 4 is 11.3 Å². The Morgan fingerprint density at radius 2 is 1.96 bits per heavy atom. The number of likely N-dealkylation sites (tertiary alicyclic amines) is 1. The Morgan fingerprint density at radius 3 is 2.64 bits per heavy atom. The first-order chi connectivity index (χ1) is 12.2. The fourth-order valence-electron chi connectivity index (χ4n) is 4.38. The molecule has 2 aliphatic heterocycles. The zero-order chi connectivity index (χ0) is 17.2. The van der Waals surface area contributed by atoms with Gasteiger partial charge in [-0.05, 0) is 47.8 Å². The zero-order valence-corrected chi connectivity index (χ0v) is 16.2. The molecule has 0 spiro atoms. The number of thiophene rings is 1. The highest BCUT2D eigenvalue weighted by atomic mass is 32.1. The quantitative estimate of drug-likeness (QED) is 0.815. The lowest BCUT2D eigenvalue weighted by molar-refractivity contribution is 0.0851. The van der Waals surface area contributed by atoms with Crippen LogP contribution in [0.5, 0.6) is 0 Å². The summed E-state index contributed by atoms with van der Waals surface area (Å²) in [5.41, 5.74) is 2.82. The van der Waals surface area contributed by atoms with Gasteiger partial charge in [-0.3, -0.25) is 14.5 Å². The van der Waals surface area contributed by atoms with E-state index in [1.165, 1.54) is 50.3 Å². The van der Waals surface area contributed by atoms with Gasteiger partial charge in [0.05, 0.1) is 6.20 Å². The molecular formula is C19H29N5S. The zero-order valence-electron chi connectivity index (χ0n) is 15.3. The number of likely N-dealkylation sites (N-methyl/N-ethyl adjacent to an activating group) is 1. The maximum atomic E-state index is 4.39. The van der Waals surface area contributed by atoms with Gasteiger partial charge in [0.2, 0.25) is 0 Å². The van der Waals surface area contributed by atoms with Crippen molar-refractivity contribution in [2.24, 2.45) is 7.05 Å². The van der Waals surface area contributed by atoms with Gasteiger partial charge in [-0.2, -0.15) is 16.4 Å². The van der Waals surface area contributed by atoms with Gasteiger partial charge >= 0.3 is 0 Å². The van der Waals surface area contributed by atoms with Gasteiger partial charge < -0.3 is 4.90 Å². The molecule has 0 N–H and O–H groups in total. The van der Waals surface area contributed by atoms with Crippen LogP contribution >= 0.6 is 11.3 Å². The molecule has 2 aromatic heterocycles. The van der Waals surface area contributed by atoms with Crippen molar-refractivity contribution < 1.29 is 0 Å². The van der Waals surface area contributed by atoms with Gasteiger partial charge in [-0.15, -0.1) is 0 Å². The van der Waals surface area contributed by atoms with E-state index in [1.54, 1.807) is 11.3 Å². The van der Waals surface area contributed by atoms with Gasteiger partial charge in [0.25, 0.3) is 0 Å². The number of rotatable bonds is 5. The summed E-state index contributed by atoms with van der Waals surface area (Å²) in [6.45, 7) is 7.09. The van der Waals surface area contributed by atoms with Gasteiger partial charge in [-0.1, -0.05) is 0 Å². The first kappa shape index (κ1) is 17.2. The Bertz CT molecular complexity index is 659. The third kappa shape index (κ3) is 3.97. The number of aryl methyl sites for hydroxylation is 1.